The second-order valence-electron chi connectivity index (χ2n) is 4.99. The molecule has 3 aliphatic rings. The lowest BCUT2D eigenvalue weighted by atomic mass is 10.0. The SMILES string of the molecule is C1=CC2CC1CC2=CN1CCCCC1. The van der Waals surface area contributed by atoms with Crippen molar-refractivity contribution in [2.75, 3.05) is 13.1 Å². The predicted molar refractivity (Wildman–Crippen MR) is 58.9 cm³/mol. The van der Waals surface area contributed by atoms with Crippen LogP contribution in [-0.4, -0.2) is 18.0 Å². The van der Waals surface area contributed by atoms with E-state index in [-0.39, 0.29) is 0 Å². The van der Waals surface area contributed by atoms with E-state index in [9.17, 15) is 0 Å². The molecule has 76 valence electrons. The van der Waals surface area contributed by atoms with Crippen molar-refractivity contribution in [2.24, 2.45) is 11.8 Å². The van der Waals surface area contributed by atoms with Gasteiger partial charge in [-0.3, -0.25) is 0 Å². The molecule has 2 bridgehead atoms. The predicted octanol–water partition coefficient (Wildman–Crippen LogP) is 2.95. The number of hydrogen-bond donors (Lipinski definition) is 0. The molecule has 1 nitrogen and oxygen atoms in total. The summed E-state index contributed by atoms with van der Waals surface area (Å²) in [4.78, 5) is 2.55. The fraction of sp³-hybridized carbons (Fsp3) is 0.692. The van der Waals surface area contributed by atoms with E-state index in [1.165, 1.54) is 45.2 Å². The Morgan fingerprint density at radius 2 is 2.00 bits per heavy atom. The summed E-state index contributed by atoms with van der Waals surface area (Å²) in [6, 6.07) is 0. The van der Waals surface area contributed by atoms with Crippen LogP contribution in [0.5, 0.6) is 0 Å². The highest BCUT2D eigenvalue weighted by Crippen LogP contribution is 2.43. The van der Waals surface area contributed by atoms with Crippen LogP contribution in [0.15, 0.2) is 23.9 Å². The van der Waals surface area contributed by atoms with E-state index in [1.807, 2.05) is 0 Å². The molecule has 0 amide bonds. The Bertz CT molecular complexity index is 271. The molecule has 1 heterocycles. The number of piperidine rings is 1. The van der Waals surface area contributed by atoms with Crippen molar-refractivity contribution in [3.63, 3.8) is 0 Å². The molecule has 1 saturated heterocycles. The van der Waals surface area contributed by atoms with Crippen LogP contribution in [0.4, 0.5) is 0 Å². The van der Waals surface area contributed by atoms with Crippen LogP contribution in [-0.2, 0) is 0 Å². The Hall–Kier alpha value is -0.720. The molecule has 0 N–H and O–H groups in total. The fourth-order valence-electron chi connectivity index (χ4n) is 3.09. The molecule has 2 atom stereocenters. The normalized spacial score (nSPS) is 38.6. The van der Waals surface area contributed by atoms with Gasteiger partial charge in [0.15, 0.2) is 0 Å². The summed E-state index contributed by atoms with van der Waals surface area (Å²) < 4.78 is 0. The van der Waals surface area contributed by atoms with Crippen LogP contribution in [0.25, 0.3) is 0 Å². The van der Waals surface area contributed by atoms with Crippen molar-refractivity contribution in [1.29, 1.82) is 0 Å². The number of fused-ring (bicyclic) bond motifs is 2. The first-order chi connectivity index (χ1) is 6.92. The molecule has 0 aromatic rings. The lowest BCUT2D eigenvalue weighted by Gasteiger charge is -2.26. The van der Waals surface area contributed by atoms with E-state index in [4.69, 9.17) is 0 Å². The van der Waals surface area contributed by atoms with E-state index in [2.05, 4.69) is 23.3 Å². The molecule has 0 aromatic carbocycles. The third kappa shape index (κ3) is 1.49. The number of allylic oxidation sites excluding steroid dienone is 3. The van der Waals surface area contributed by atoms with Crippen LogP contribution in [0, 0.1) is 11.8 Å². The van der Waals surface area contributed by atoms with Gasteiger partial charge in [0, 0.05) is 19.0 Å². The van der Waals surface area contributed by atoms with Crippen molar-refractivity contribution in [1.82, 2.24) is 4.90 Å². The third-order valence-electron chi connectivity index (χ3n) is 3.89. The second-order valence-corrected chi connectivity index (χ2v) is 4.99. The minimum atomic E-state index is 0.807. The highest BCUT2D eigenvalue weighted by molar-refractivity contribution is 5.26. The fourth-order valence-corrected chi connectivity index (χ4v) is 3.09. The Morgan fingerprint density at radius 3 is 2.64 bits per heavy atom. The number of likely N-dealkylation sites (tertiary alicyclic amines) is 1. The van der Waals surface area contributed by atoms with Crippen molar-refractivity contribution >= 4 is 0 Å². The maximum Gasteiger partial charge on any atom is 0.0172 e. The molecule has 1 aliphatic heterocycles. The first kappa shape index (κ1) is 8.58. The summed E-state index contributed by atoms with van der Waals surface area (Å²) >= 11 is 0. The summed E-state index contributed by atoms with van der Waals surface area (Å²) in [6.07, 6.45) is 14.3. The molecule has 2 fully saturated rings. The summed E-state index contributed by atoms with van der Waals surface area (Å²) in [6.45, 7) is 2.59. The van der Waals surface area contributed by atoms with Crippen molar-refractivity contribution < 1.29 is 0 Å². The molecule has 0 spiro atoms. The van der Waals surface area contributed by atoms with Crippen LogP contribution in [0.2, 0.25) is 0 Å². The number of nitrogens with zero attached hydrogens (tertiary/aromatic N) is 1. The van der Waals surface area contributed by atoms with E-state index in [1.54, 1.807) is 5.57 Å². The molecule has 1 saturated carbocycles. The second kappa shape index (κ2) is 3.45. The van der Waals surface area contributed by atoms with Gasteiger partial charge < -0.3 is 4.90 Å². The largest absolute Gasteiger partial charge is 0.377 e. The van der Waals surface area contributed by atoms with Gasteiger partial charge in [0.1, 0.15) is 0 Å². The van der Waals surface area contributed by atoms with Crippen LogP contribution < -0.4 is 0 Å². The first-order valence-corrected chi connectivity index (χ1v) is 6.05. The zero-order valence-corrected chi connectivity index (χ0v) is 8.78. The highest BCUT2D eigenvalue weighted by atomic mass is 15.1. The first-order valence-electron chi connectivity index (χ1n) is 6.05. The van der Waals surface area contributed by atoms with E-state index in [0.29, 0.717) is 0 Å². The lowest BCUT2D eigenvalue weighted by Crippen LogP contribution is -2.25. The molecule has 2 aliphatic carbocycles. The smallest absolute Gasteiger partial charge is 0.0172 e. The molecule has 1 heteroatoms. The quantitative estimate of drug-likeness (QED) is 0.573. The van der Waals surface area contributed by atoms with Gasteiger partial charge in [0.2, 0.25) is 0 Å². The summed E-state index contributed by atoms with van der Waals surface area (Å²) in [5.41, 5.74) is 1.71. The van der Waals surface area contributed by atoms with Crippen molar-refractivity contribution in [3.8, 4) is 0 Å². The van der Waals surface area contributed by atoms with Gasteiger partial charge >= 0.3 is 0 Å². The molecule has 14 heavy (non-hydrogen) atoms. The minimum absolute atomic E-state index is 0.807. The maximum atomic E-state index is 2.55. The average molecular weight is 189 g/mol. The molecule has 0 aromatic heterocycles. The topological polar surface area (TPSA) is 3.24 Å². The molecular weight excluding hydrogens is 170 g/mol. The van der Waals surface area contributed by atoms with Crippen LogP contribution >= 0.6 is 0 Å². The zero-order valence-electron chi connectivity index (χ0n) is 8.78. The van der Waals surface area contributed by atoms with Crippen LogP contribution in [0.1, 0.15) is 32.1 Å². The Labute approximate surface area is 86.5 Å². The standard InChI is InChI=1S/C13H19N/c1-2-6-14(7-3-1)10-13-9-11-4-5-12(13)8-11/h4-5,10-12H,1-3,6-9H2. The van der Waals surface area contributed by atoms with Crippen molar-refractivity contribution in [2.45, 2.75) is 32.1 Å². The van der Waals surface area contributed by atoms with Gasteiger partial charge in [-0.25, -0.2) is 0 Å². The minimum Gasteiger partial charge on any atom is -0.377 e. The number of rotatable bonds is 1. The maximum absolute atomic E-state index is 2.55. The van der Waals surface area contributed by atoms with Crippen LogP contribution in [0.3, 0.4) is 0 Å². The lowest BCUT2D eigenvalue weighted by molar-refractivity contribution is 0.306. The van der Waals surface area contributed by atoms with E-state index >= 15 is 0 Å². The Morgan fingerprint density at radius 1 is 1.14 bits per heavy atom. The third-order valence-corrected chi connectivity index (χ3v) is 3.89. The number of hydrogen-bond acceptors (Lipinski definition) is 1. The molecule has 3 rings (SSSR count). The Kier molecular flexibility index (Phi) is 2.11. The van der Waals surface area contributed by atoms with Gasteiger partial charge in [0.05, 0.1) is 0 Å². The molecular formula is C13H19N. The van der Waals surface area contributed by atoms with Crippen molar-refractivity contribution in [3.05, 3.63) is 23.9 Å². The zero-order chi connectivity index (χ0) is 9.38. The monoisotopic (exact) mass is 189 g/mol. The summed E-state index contributed by atoms with van der Waals surface area (Å²) in [5, 5.41) is 0. The van der Waals surface area contributed by atoms with E-state index in [0.717, 1.165) is 11.8 Å². The Balaban J connectivity index is 1.69. The highest BCUT2D eigenvalue weighted by Gasteiger charge is 2.31. The summed E-state index contributed by atoms with van der Waals surface area (Å²) in [7, 11) is 0. The van der Waals surface area contributed by atoms with Gasteiger partial charge in [-0.15, -0.1) is 0 Å². The van der Waals surface area contributed by atoms with Gasteiger partial charge in [0.25, 0.3) is 0 Å². The molecule has 0 radical (unpaired) electrons. The average Bonchev–Trinajstić information content (AvgIpc) is 2.81. The van der Waals surface area contributed by atoms with E-state index < -0.39 is 0 Å². The van der Waals surface area contributed by atoms with Gasteiger partial charge in [-0.1, -0.05) is 12.2 Å². The summed E-state index contributed by atoms with van der Waals surface area (Å²) in [5.74, 6) is 1.69. The molecule has 2 unspecified atom stereocenters. The van der Waals surface area contributed by atoms with Gasteiger partial charge in [-0.2, -0.15) is 0 Å². The van der Waals surface area contributed by atoms with Gasteiger partial charge in [-0.05, 0) is 49.8 Å².